The Bertz CT molecular complexity index is 634. The molecular weight excluding hydrogens is 366 g/mol. The number of amides is 1. The van der Waals surface area contributed by atoms with Gasteiger partial charge in [-0.2, -0.15) is 0 Å². The molecule has 0 spiro atoms. The molecule has 1 aliphatic rings. The molecule has 1 fully saturated rings. The Morgan fingerprint density at radius 2 is 1.84 bits per heavy atom. The van der Waals surface area contributed by atoms with E-state index in [0.717, 1.165) is 5.56 Å². The second kappa shape index (κ2) is 10.1. The zero-order valence-corrected chi connectivity index (χ0v) is 15.7. The van der Waals surface area contributed by atoms with Crippen LogP contribution >= 0.6 is 12.4 Å². The lowest BCUT2D eigenvalue weighted by atomic mass is 9.79. The van der Waals surface area contributed by atoms with E-state index in [4.69, 9.17) is 10.5 Å². The van der Waals surface area contributed by atoms with Gasteiger partial charge >= 0.3 is 0 Å². The summed E-state index contributed by atoms with van der Waals surface area (Å²) >= 11 is 0. The number of nitrogens with two attached hydrogens (primary N) is 1. The zero-order chi connectivity index (χ0) is 17.5. The minimum absolute atomic E-state index is 0. The SMILES string of the molecule is Cl.NCC1(C(=O)NCCS(=O)(=O)NCc2ccccc2)CCOCC1. The van der Waals surface area contributed by atoms with Crippen molar-refractivity contribution in [2.75, 3.05) is 32.1 Å². The van der Waals surface area contributed by atoms with Crippen LogP contribution in [-0.2, 0) is 26.1 Å². The lowest BCUT2D eigenvalue weighted by Gasteiger charge is -2.34. The van der Waals surface area contributed by atoms with Gasteiger partial charge in [0.15, 0.2) is 0 Å². The van der Waals surface area contributed by atoms with Crippen LogP contribution in [0.5, 0.6) is 0 Å². The highest BCUT2D eigenvalue weighted by atomic mass is 35.5. The van der Waals surface area contributed by atoms with Crippen LogP contribution in [0.2, 0.25) is 0 Å². The van der Waals surface area contributed by atoms with Crippen molar-refractivity contribution >= 4 is 28.3 Å². The molecule has 0 aliphatic carbocycles. The number of halogens is 1. The third-order valence-electron chi connectivity index (χ3n) is 4.32. The number of rotatable bonds is 8. The molecule has 1 amide bonds. The predicted molar refractivity (Wildman–Crippen MR) is 98.9 cm³/mol. The standard InChI is InChI=1S/C16H25N3O4S.ClH/c17-13-16(6-9-23-10-7-16)15(20)18-8-11-24(21,22)19-12-14-4-2-1-3-5-14;/h1-5,19H,6-13,17H2,(H,18,20);1H. The zero-order valence-electron chi connectivity index (χ0n) is 14.1. The maximum atomic E-state index is 12.4. The third kappa shape index (κ3) is 6.56. The van der Waals surface area contributed by atoms with E-state index in [2.05, 4.69) is 10.0 Å². The molecule has 0 saturated carbocycles. The molecule has 0 atom stereocenters. The van der Waals surface area contributed by atoms with Gasteiger partial charge in [-0.3, -0.25) is 4.79 Å². The lowest BCUT2D eigenvalue weighted by molar-refractivity contribution is -0.135. The van der Waals surface area contributed by atoms with Gasteiger partial charge in [0.25, 0.3) is 0 Å². The molecule has 0 bridgehead atoms. The first-order valence-electron chi connectivity index (χ1n) is 8.05. The number of sulfonamides is 1. The van der Waals surface area contributed by atoms with E-state index < -0.39 is 15.4 Å². The van der Waals surface area contributed by atoms with Gasteiger partial charge in [0.1, 0.15) is 0 Å². The topological polar surface area (TPSA) is 111 Å². The Balaban J connectivity index is 0.00000312. The highest BCUT2D eigenvalue weighted by Gasteiger charge is 2.38. The average molecular weight is 392 g/mol. The fourth-order valence-corrected chi connectivity index (χ4v) is 3.54. The Morgan fingerprint density at radius 3 is 2.44 bits per heavy atom. The van der Waals surface area contributed by atoms with Gasteiger partial charge < -0.3 is 15.8 Å². The minimum Gasteiger partial charge on any atom is -0.381 e. The molecule has 142 valence electrons. The van der Waals surface area contributed by atoms with Crippen LogP contribution in [0.15, 0.2) is 30.3 Å². The molecule has 1 saturated heterocycles. The smallest absolute Gasteiger partial charge is 0.227 e. The molecule has 25 heavy (non-hydrogen) atoms. The van der Waals surface area contributed by atoms with E-state index in [1.54, 1.807) is 0 Å². The quantitative estimate of drug-likeness (QED) is 0.594. The van der Waals surface area contributed by atoms with E-state index in [1.165, 1.54) is 0 Å². The van der Waals surface area contributed by atoms with Crippen molar-refractivity contribution in [1.29, 1.82) is 0 Å². The normalized spacial score (nSPS) is 16.7. The maximum absolute atomic E-state index is 12.4. The minimum atomic E-state index is -3.45. The third-order valence-corrected chi connectivity index (χ3v) is 5.64. The molecule has 1 aromatic rings. The molecule has 1 heterocycles. The fraction of sp³-hybridized carbons (Fsp3) is 0.562. The first-order chi connectivity index (χ1) is 11.5. The average Bonchev–Trinajstić information content (AvgIpc) is 2.61. The van der Waals surface area contributed by atoms with Crippen LogP contribution < -0.4 is 15.8 Å². The first kappa shape index (κ1) is 21.9. The number of hydrogen-bond donors (Lipinski definition) is 3. The van der Waals surface area contributed by atoms with Crippen molar-refractivity contribution in [3.05, 3.63) is 35.9 Å². The number of benzene rings is 1. The van der Waals surface area contributed by atoms with Crippen molar-refractivity contribution in [1.82, 2.24) is 10.0 Å². The summed E-state index contributed by atoms with van der Waals surface area (Å²) < 4.78 is 31.8. The van der Waals surface area contributed by atoms with Gasteiger partial charge in [0, 0.05) is 32.8 Å². The van der Waals surface area contributed by atoms with Crippen LogP contribution in [0.3, 0.4) is 0 Å². The molecule has 4 N–H and O–H groups in total. The highest BCUT2D eigenvalue weighted by Crippen LogP contribution is 2.29. The Kier molecular flexibility index (Phi) is 8.81. The number of hydrogen-bond acceptors (Lipinski definition) is 5. The number of nitrogens with one attached hydrogen (secondary N) is 2. The molecule has 2 rings (SSSR count). The summed E-state index contributed by atoms with van der Waals surface area (Å²) in [4.78, 5) is 12.4. The summed E-state index contributed by atoms with van der Waals surface area (Å²) in [7, 11) is -3.45. The van der Waals surface area contributed by atoms with Gasteiger partial charge in [-0.15, -0.1) is 12.4 Å². The van der Waals surface area contributed by atoms with Crippen molar-refractivity contribution in [3.8, 4) is 0 Å². The van der Waals surface area contributed by atoms with Crippen LogP contribution in [0.1, 0.15) is 18.4 Å². The van der Waals surface area contributed by atoms with Crippen LogP contribution in [0, 0.1) is 5.41 Å². The Morgan fingerprint density at radius 1 is 1.20 bits per heavy atom. The Labute approximate surface area is 155 Å². The second-order valence-corrected chi connectivity index (χ2v) is 7.90. The van der Waals surface area contributed by atoms with E-state index >= 15 is 0 Å². The predicted octanol–water partition coefficient (Wildman–Crippen LogP) is 0.400. The van der Waals surface area contributed by atoms with Gasteiger partial charge in [-0.1, -0.05) is 30.3 Å². The van der Waals surface area contributed by atoms with Gasteiger partial charge in [0.2, 0.25) is 15.9 Å². The number of carbonyl (C=O) groups is 1. The Hall–Kier alpha value is -1.19. The molecule has 1 aromatic carbocycles. The van der Waals surface area contributed by atoms with Crippen molar-refractivity contribution in [3.63, 3.8) is 0 Å². The molecule has 9 heteroatoms. The van der Waals surface area contributed by atoms with E-state index in [-0.39, 0.29) is 43.7 Å². The van der Waals surface area contributed by atoms with Crippen molar-refractivity contribution < 1.29 is 17.9 Å². The molecular formula is C16H26ClN3O4S. The fourth-order valence-electron chi connectivity index (χ4n) is 2.63. The molecule has 0 aromatic heterocycles. The summed E-state index contributed by atoms with van der Waals surface area (Å²) in [5, 5.41) is 2.70. The number of carbonyl (C=O) groups excluding carboxylic acids is 1. The van der Waals surface area contributed by atoms with Gasteiger partial charge in [0.05, 0.1) is 11.2 Å². The number of ether oxygens (including phenoxy) is 1. The van der Waals surface area contributed by atoms with E-state index in [9.17, 15) is 13.2 Å². The van der Waals surface area contributed by atoms with E-state index in [1.807, 2.05) is 30.3 Å². The molecule has 0 unspecified atom stereocenters. The molecule has 1 aliphatic heterocycles. The van der Waals surface area contributed by atoms with Crippen molar-refractivity contribution in [2.24, 2.45) is 11.1 Å². The van der Waals surface area contributed by atoms with Crippen molar-refractivity contribution in [2.45, 2.75) is 19.4 Å². The van der Waals surface area contributed by atoms with Crippen LogP contribution in [0.25, 0.3) is 0 Å². The van der Waals surface area contributed by atoms with Gasteiger partial charge in [-0.25, -0.2) is 13.1 Å². The maximum Gasteiger partial charge on any atom is 0.227 e. The van der Waals surface area contributed by atoms with Crippen LogP contribution in [0.4, 0.5) is 0 Å². The largest absolute Gasteiger partial charge is 0.381 e. The second-order valence-electron chi connectivity index (χ2n) is 5.98. The monoisotopic (exact) mass is 391 g/mol. The summed E-state index contributed by atoms with van der Waals surface area (Å²) in [6.07, 6.45) is 1.13. The summed E-state index contributed by atoms with van der Waals surface area (Å²) in [6, 6.07) is 9.27. The van der Waals surface area contributed by atoms with Gasteiger partial charge in [-0.05, 0) is 18.4 Å². The summed E-state index contributed by atoms with van der Waals surface area (Å²) in [6.45, 7) is 1.54. The highest BCUT2D eigenvalue weighted by molar-refractivity contribution is 7.89. The molecule has 0 radical (unpaired) electrons. The first-order valence-corrected chi connectivity index (χ1v) is 9.70. The molecule has 7 nitrogen and oxygen atoms in total. The lowest BCUT2D eigenvalue weighted by Crippen LogP contribution is -2.50. The van der Waals surface area contributed by atoms with Crippen LogP contribution in [-0.4, -0.2) is 46.4 Å². The van der Waals surface area contributed by atoms with E-state index in [0.29, 0.717) is 26.1 Å². The summed E-state index contributed by atoms with van der Waals surface area (Å²) in [5.74, 6) is -0.352. The summed E-state index contributed by atoms with van der Waals surface area (Å²) in [5.41, 5.74) is 6.01.